The Morgan fingerprint density at radius 2 is 1.95 bits per heavy atom. The maximum atomic E-state index is 13.1. The Bertz CT molecular complexity index is 851. The smallest absolute Gasteiger partial charge is 0.322 e. The lowest BCUT2D eigenvalue weighted by atomic mass is 10.3. The standard InChI is InChI=1S/C14H11BrF3N3S/c1-7-19-10-4-3-9(15)5-12(10)21(7)6-11-13(14(16,17)18)22-8(2)20-11/h3-5H,6H2,1-2H3. The van der Waals surface area contributed by atoms with Gasteiger partial charge in [-0.3, -0.25) is 0 Å². The summed E-state index contributed by atoms with van der Waals surface area (Å²) in [6.07, 6.45) is -4.38. The predicted octanol–water partition coefficient (Wildman–Crippen LogP) is 4.94. The SMILES string of the molecule is Cc1nc(Cn2c(C)nc3ccc(Br)cc32)c(C(F)(F)F)s1. The summed E-state index contributed by atoms with van der Waals surface area (Å²) in [5, 5.41) is 0.408. The molecular weight excluding hydrogens is 379 g/mol. The van der Waals surface area contributed by atoms with E-state index in [0.717, 1.165) is 15.5 Å². The third-order valence-electron chi connectivity index (χ3n) is 3.27. The molecule has 0 fully saturated rings. The Morgan fingerprint density at radius 1 is 1.23 bits per heavy atom. The average molecular weight is 390 g/mol. The molecule has 22 heavy (non-hydrogen) atoms. The highest BCUT2D eigenvalue weighted by molar-refractivity contribution is 9.10. The summed E-state index contributed by atoms with van der Waals surface area (Å²) in [5.41, 5.74) is 1.57. The van der Waals surface area contributed by atoms with Gasteiger partial charge in [-0.25, -0.2) is 9.97 Å². The molecule has 0 aliphatic heterocycles. The molecule has 0 unspecified atom stereocenters. The van der Waals surface area contributed by atoms with Crippen molar-refractivity contribution >= 4 is 38.3 Å². The second-order valence-electron chi connectivity index (χ2n) is 4.88. The first-order valence-corrected chi connectivity index (χ1v) is 8.02. The van der Waals surface area contributed by atoms with E-state index in [1.807, 2.05) is 18.2 Å². The minimum atomic E-state index is -4.38. The van der Waals surface area contributed by atoms with Crippen LogP contribution in [0.25, 0.3) is 11.0 Å². The lowest BCUT2D eigenvalue weighted by Gasteiger charge is -2.09. The number of halogens is 4. The number of aromatic nitrogens is 3. The van der Waals surface area contributed by atoms with Gasteiger partial charge in [0.05, 0.1) is 28.3 Å². The van der Waals surface area contributed by atoms with E-state index in [4.69, 9.17) is 0 Å². The van der Waals surface area contributed by atoms with Crippen LogP contribution in [0.1, 0.15) is 21.4 Å². The fraction of sp³-hybridized carbons (Fsp3) is 0.286. The van der Waals surface area contributed by atoms with Crippen molar-refractivity contribution in [1.82, 2.24) is 14.5 Å². The van der Waals surface area contributed by atoms with E-state index in [1.54, 1.807) is 18.4 Å². The van der Waals surface area contributed by atoms with E-state index in [1.165, 1.54) is 0 Å². The van der Waals surface area contributed by atoms with Gasteiger partial charge in [-0.2, -0.15) is 13.2 Å². The predicted molar refractivity (Wildman–Crippen MR) is 83.1 cm³/mol. The maximum Gasteiger partial charge on any atom is 0.427 e. The summed E-state index contributed by atoms with van der Waals surface area (Å²) in [5.74, 6) is 0.659. The van der Waals surface area contributed by atoms with Gasteiger partial charge in [0, 0.05) is 4.47 Å². The summed E-state index contributed by atoms with van der Waals surface area (Å²) in [6.45, 7) is 3.41. The highest BCUT2D eigenvalue weighted by atomic mass is 79.9. The lowest BCUT2D eigenvalue weighted by Crippen LogP contribution is -2.10. The first-order valence-electron chi connectivity index (χ1n) is 6.41. The van der Waals surface area contributed by atoms with Gasteiger partial charge in [-0.1, -0.05) is 15.9 Å². The molecule has 0 bridgehead atoms. The topological polar surface area (TPSA) is 30.7 Å². The van der Waals surface area contributed by atoms with E-state index >= 15 is 0 Å². The monoisotopic (exact) mass is 389 g/mol. The van der Waals surface area contributed by atoms with Gasteiger partial charge in [0.25, 0.3) is 0 Å². The lowest BCUT2D eigenvalue weighted by molar-refractivity contribution is -0.135. The molecule has 0 saturated heterocycles. The summed E-state index contributed by atoms with van der Waals surface area (Å²) >= 11 is 4.06. The molecule has 3 nitrogen and oxygen atoms in total. The Hall–Kier alpha value is -1.41. The first-order chi connectivity index (χ1) is 10.3. The molecule has 0 saturated carbocycles. The highest BCUT2D eigenvalue weighted by Crippen LogP contribution is 2.37. The molecule has 8 heteroatoms. The number of hydrogen-bond donors (Lipinski definition) is 0. The molecule has 3 rings (SSSR count). The van der Waals surface area contributed by atoms with Gasteiger partial charge in [0.2, 0.25) is 0 Å². The van der Waals surface area contributed by atoms with Crippen molar-refractivity contribution in [3.63, 3.8) is 0 Å². The minimum Gasteiger partial charge on any atom is -0.322 e. The van der Waals surface area contributed by atoms with E-state index in [0.29, 0.717) is 22.2 Å². The Labute approximate surface area is 136 Å². The number of benzene rings is 1. The van der Waals surface area contributed by atoms with Crippen LogP contribution in [-0.2, 0) is 12.7 Å². The van der Waals surface area contributed by atoms with Crippen LogP contribution in [0.15, 0.2) is 22.7 Å². The Balaban J connectivity index is 2.11. The molecule has 0 amide bonds. The van der Waals surface area contributed by atoms with Crippen LogP contribution < -0.4 is 0 Å². The van der Waals surface area contributed by atoms with Gasteiger partial charge in [0.15, 0.2) is 0 Å². The van der Waals surface area contributed by atoms with Crippen molar-refractivity contribution in [2.45, 2.75) is 26.6 Å². The van der Waals surface area contributed by atoms with Gasteiger partial charge in [-0.05, 0) is 32.0 Å². The highest BCUT2D eigenvalue weighted by Gasteiger charge is 2.36. The normalized spacial score (nSPS) is 12.3. The number of alkyl halides is 3. The third kappa shape index (κ3) is 2.77. The van der Waals surface area contributed by atoms with Crippen molar-refractivity contribution in [3.05, 3.63) is 44.1 Å². The minimum absolute atomic E-state index is 0.0392. The second kappa shape index (κ2) is 5.34. The van der Waals surface area contributed by atoms with Crippen LogP contribution in [0, 0.1) is 13.8 Å². The Morgan fingerprint density at radius 3 is 2.64 bits per heavy atom. The van der Waals surface area contributed by atoms with E-state index in [2.05, 4.69) is 25.9 Å². The van der Waals surface area contributed by atoms with Crippen molar-refractivity contribution in [1.29, 1.82) is 0 Å². The number of aryl methyl sites for hydroxylation is 2. The molecule has 0 aliphatic rings. The van der Waals surface area contributed by atoms with E-state index in [-0.39, 0.29) is 12.2 Å². The van der Waals surface area contributed by atoms with Gasteiger partial charge in [-0.15, -0.1) is 11.3 Å². The number of imidazole rings is 1. The van der Waals surface area contributed by atoms with Crippen molar-refractivity contribution in [3.8, 4) is 0 Å². The average Bonchev–Trinajstić information content (AvgIpc) is 2.92. The largest absolute Gasteiger partial charge is 0.427 e. The molecule has 0 atom stereocenters. The molecule has 0 aliphatic carbocycles. The molecule has 2 aromatic heterocycles. The second-order valence-corrected chi connectivity index (χ2v) is 7.00. The van der Waals surface area contributed by atoms with Crippen LogP contribution >= 0.6 is 27.3 Å². The molecular formula is C14H11BrF3N3S. The van der Waals surface area contributed by atoms with Crippen LogP contribution in [0.4, 0.5) is 13.2 Å². The van der Waals surface area contributed by atoms with Crippen molar-refractivity contribution in [2.24, 2.45) is 0 Å². The van der Waals surface area contributed by atoms with Crippen LogP contribution in [-0.4, -0.2) is 14.5 Å². The zero-order valence-corrected chi connectivity index (χ0v) is 14.1. The maximum absolute atomic E-state index is 13.1. The summed E-state index contributed by atoms with van der Waals surface area (Å²) < 4.78 is 41.9. The van der Waals surface area contributed by atoms with Crippen LogP contribution in [0.3, 0.4) is 0 Å². The summed E-state index contributed by atoms with van der Waals surface area (Å²) in [7, 11) is 0. The van der Waals surface area contributed by atoms with E-state index < -0.39 is 11.1 Å². The third-order valence-corrected chi connectivity index (χ3v) is 4.82. The number of hydrogen-bond acceptors (Lipinski definition) is 3. The van der Waals surface area contributed by atoms with Crippen LogP contribution in [0.2, 0.25) is 0 Å². The zero-order valence-electron chi connectivity index (χ0n) is 11.7. The molecule has 0 spiro atoms. The van der Waals surface area contributed by atoms with Gasteiger partial charge < -0.3 is 4.57 Å². The number of thiazole rings is 1. The molecule has 116 valence electrons. The molecule has 0 N–H and O–H groups in total. The molecule has 1 aromatic carbocycles. The molecule has 0 radical (unpaired) electrons. The zero-order chi connectivity index (χ0) is 16.1. The molecule has 2 heterocycles. The van der Waals surface area contributed by atoms with Crippen LogP contribution in [0.5, 0.6) is 0 Å². The summed E-state index contributed by atoms with van der Waals surface area (Å²) in [6, 6.07) is 5.54. The van der Waals surface area contributed by atoms with Gasteiger partial charge >= 0.3 is 6.18 Å². The summed E-state index contributed by atoms with van der Waals surface area (Å²) in [4.78, 5) is 7.81. The number of rotatable bonds is 2. The van der Waals surface area contributed by atoms with Crippen molar-refractivity contribution in [2.75, 3.05) is 0 Å². The fourth-order valence-corrected chi connectivity index (χ4v) is 3.51. The first kappa shape index (κ1) is 15.5. The number of fused-ring (bicyclic) bond motifs is 1. The quantitative estimate of drug-likeness (QED) is 0.621. The number of nitrogens with zero attached hydrogens (tertiary/aromatic N) is 3. The van der Waals surface area contributed by atoms with E-state index in [9.17, 15) is 13.2 Å². The van der Waals surface area contributed by atoms with Gasteiger partial charge in [0.1, 0.15) is 10.7 Å². The molecule has 3 aromatic rings. The fourth-order valence-electron chi connectivity index (χ4n) is 2.36. The Kier molecular flexibility index (Phi) is 3.76. The van der Waals surface area contributed by atoms with Crippen molar-refractivity contribution < 1.29 is 13.2 Å².